The first-order valence-corrected chi connectivity index (χ1v) is 7.54. The van der Waals surface area contributed by atoms with Gasteiger partial charge < -0.3 is 20.5 Å². The van der Waals surface area contributed by atoms with E-state index < -0.39 is 0 Å². The van der Waals surface area contributed by atoms with E-state index in [-0.39, 0.29) is 5.75 Å². The van der Waals surface area contributed by atoms with Gasteiger partial charge in [0.15, 0.2) is 5.96 Å². The van der Waals surface area contributed by atoms with Gasteiger partial charge >= 0.3 is 0 Å². The number of phenolic OH excluding ortho intramolecular Hbond substituents is 1. The van der Waals surface area contributed by atoms with Gasteiger partial charge in [-0.2, -0.15) is 0 Å². The number of aliphatic imine (C=N–C) groups is 1. The summed E-state index contributed by atoms with van der Waals surface area (Å²) in [6, 6.07) is 5.92. The van der Waals surface area contributed by atoms with Crippen molar-refractivity contribution in [3.63, 3.8) is 0 Å². The van der Waals surface area contributed by atoms with E-state index in [1.807, 2.05) is 12.1 Å². The lowest BCUT2D eigenvalue weighted by molar-refractivity contribution is 0.406. The molecule has 0 aromatic heterocycles. The first-order chi connectivity index (χ1) is 10.1. The topological polar surface area (TPSA) is 65.9 Å². The number of aromatic hydroxyl groups is 1. The number of hydrogen-bond donors (Lipinski definition) is 3. The van der Waals surface area contributed by atoms with Crippen LogP contribution < -0.4 is 15.4 Å². The van der Waals surface area contributed by atoms with Crippen LogP contribution in [-0.4, -0.2) is 37.3 Å². The summed E-state index contributed by atoms with van der Waals surface area (Å²) in [6.45, 7) is 5.77. The van der Waals surface area contributed by atoms with Crippen molar-refractivity contribution in [2.75, 3.05) is 20.2 Å². The van der Waals surface area contributed by atoms with Gasteiger partial charge in [0.05, 0.1) is 7.11 Å². The summed E-state index contributed by atoms with van der Waals surface area (Å²) in [5, 5.41) is 16.6. The summed E-state index contributed by atoms with van der Waals surface area (Å²) in [5.74, 6) is 2.52. The Morgan fingerprint density at radius 2 is 2.24 bits per heavy atom. The number of ether oxygens (including phenoxy) is 1. The van der Waals surface area contributed by atoms with Gasteiger partial charge in [-0.15, -0.1) is 0 Å². The Morgan fingerprint density at radius 3 is 2.81 bits per heavy atom. The smallest absolute Gasteiger partial charge is 0.191 e. The predicted octanol–water partition coefficient (Wildman–Crippen LogP) is 1.91. The molecular formula is C16H25N3O2. The van der Waals surface area contributed by atoms with Crippen molar-refractivity contribution in [1.82, 2.24) is 10.6 Å². The van der Waals surface area contributed by atoms with Gasteiger partial charge in [0.2, 0.25) is 0 Å². The summed E-state index contributed by atoms with van der Waals surface area (Å²) < 4.78 is 5.08. The number of rotatable bonds is 6. The van der Waals surface area contributed by atoms with Crippen LogP contribution in [0.5, 0.6) is 11.5 Å². The summed E-state index contributed by atoms with van der Waals surface area (Å²) >= 11 is 0. The van der Waals surface area contributed by atoms with Crippen molar-refractivity contribution >= 4 is 5.96 Å². The second-order valence-corrected chi connectivity index (χ2v) is 5.47. The highest BCUT2D eigenvalue weighted by Crippen LogP contribution is 2.28. The molecule has 1 aliphatic carbocycles. The van der Waals surface area contributed by atoms with Crippen molar-refractivity contribution in [3.05, 3.63) is 23.8 Å². The van der Waals surface area contributed by atoms with E-state index in [0.717, 1.165) is 24.0 Å². The Hall–Kier alpha value is -1.91. The van der Waals surface area contributed by atoms with Gasteiger partial charge in [-0.1, -0.05) is 13.0 Å². The number of nitrogens with zero attached hydrogens (tertiary/aromatic N) is 1. The Morgan fingerprint density at radius 1 is 1.48 bits per heavy atom. The van der Waals surface area contributed by atoms with Gasteiger partial charge in [-0.05, 0) is 37.3 Å². The van der Waals surface area contributed by atoms with E-state index in [1.165, 1.54) is 6.42 Å². The maximum absolute atomic E-state index is 9.92. The lowest BCUT2D eigenvalue weighted by Crippen LogP contribution is -2.39. The van der Waals surface area contributed by atoms with E-state index in [0.29, 0.717) is 24.8 Å². The fourth-order valence-electron chi connectivity index (χ4n) is 2.19. The van der Waals surface area contributed by atoms with Crippen LogP contribution in [0.1, 0.15) is 25.8 Å². The number of phenols is 1. The fraction of sp³-hybridized carbons (Fsp3) is 0.562. The zero-order valence-corrected chi connectivity index (χ0v) is 13.0. The van der Waals surface area contributed by atoms with Crippen molar-refractivity contribution in [2.45, 2.75) is 32.7 Å². The molecular weight excluding hydrogens is 266 g/mol. The molecule has 5 nitrogen and oxygen atoms in total. The maximum atomic E-state index is 9.92. The minimum atomic E-state index is 0.262. The molecule has 1 aliphatic rings. The zero-order valence-electron chi connectivity index (χ0n) is 13.0. The van der Waals surface area contributed by atoms with Crippen LogP contribution in [0, 0.1) is 5.92 Å². The van der Waals surface area contributed by atoms with Crippen molar-refractivity contribution < 1.29 is 9.84 Å². The molecule has 0 amide bonds. The highest BCUT2D eigenvalue weighted by Gasteiger charge is 2.33. The number of nitrogens with one attached hydrogen (secondary N) is 2. The summed E-state index contributed by atoms with van der Waals surface area (Å²) in [5.41, 5.74) is 0.884. The molecule has 0 saturated heterocycles. The SMILES string of the molecule is CCNC(=NCCc1ccc(OC)cc1O)NC1CC1C. The zero-order chi connectivity index (χ0) is 15.2. The number of benzene rings is 1. The van der Waals surface area contributed by atoms with Crippen molar-refractivity contribution in [2.24, 2.45) is 10.9 Å². The van der Waals surface area contributed by atoms with Crippen LogP contribution in [-0.2, 0) is 6.42 Å². The highest BCUT2D eigenvalue weighted by molar-refractivity contribution is 5.80. The van der Waals surface area contributed by atoms with Crippen LogP contribution >= 0.6 is 0 Å². The third kappa shape index (κ3) is 4.55. The van der Waals surface area contributed by atoms with E-state index in [2.05, 4.69) is 29.5 Å². The standard InChI is InChI=1S/C16H25N3O2/c1-4-17-16(19-14-9-11(14)2)18-8-7-12-5-6-13(21-3)10-15(12)20/h5-6,10-11,14,20H,4,7-9H2,1-3H3,(H2,17,18,19). The van der Waals surface area contributed by atoms with Crippen molar-refractivity contribution in [1.29, 1.82) is 0 Å². The molecule has 0 radical (unpaired) electrons. The van der Waals surface area contributed by atoms with Gasteiger partial charge in [-0.25, -0.2) is 0 Å². The third-order valence-corrected chi connectivity index (χ3v) is 3.72. The Balaban J connectivity index is 1.89. The average Bonchev–Trinajstić information content (AvgIpc) is 3.16. The summed E-state index contributed by atoms with van der Waals surface area (Å²) in [6.07, 6.45) is 1.91. The molecule has 116 valence electrons. The van der Waals surface area contributed by atoms with Gasteiger partial charge in [-0.3, -0.25) is 4.99 Å². The van der Waals surface area contributed by atoms with Gasteiger partial charge in [0, 0.05) is 25.2 Å². The molecule has 2 atom stereocenters. The Labute approximate surface area is 126 Å². The summed E-state index contributed by atoms with van der Waals surface area (Å²) in [4.78, 5) is 4.56. The molecule has 1 saturated carbocycles. The Bertz CT molecular complexity index is 502. The molecule has 1 aromatic carbocycles. The molecule has 2 unspecified atom stereocenters. The molecule has 0 heterocycles. The molecule has 0 aliphatic heterocycles. The second kappa shape index (κ2) is 7.20. The van der Waals surface area contributed by atoms with Crippen LogP contribution in [0.15, 0.2) is 23.2 Å². The molecule has 2 rings (SSSR count). The van der Waals surface area contributed by atoms with E-state index in [9.17, 15) is 5.11 Å². The van der Waals surface area contributed by atoms with Crippen molar-refractivity contribution in [3.8, 4) is 11.5 Å². The fourth-order valence-corrected chi connectivity index (χ4v) is 2.19. The van der Waals surface area contributed by atoms with Crippen LogP contribution in [0.3, 0.4) is 0 Å². The highest BCUT2D eigenvalue weighted by atomic mass is 16.5. The normalized spacial score (nSPS) is 21.0. The number of guanidine groups is 1. The van der Waals surface area contributed by atoms with E-state index >= 15 is 0 Å². The largest absolute Gasteiger partial charge is 0.508 e. The van der Waals surface area contributed by atoms with Gasteiger partial charge in [0.1, 0.15) is 11.5 Å². The molecule has 1 aromatic rings. The third-order valence-electron chi connectivity index (χ3n) is 3.72. The molecule has 21 heavy (non-hydrogen) atoms. The molecule has 1 fully saturated rings. The molecule has 3 N–H and O–H groups in total. The Kier molecular flexibility index (Phi) is 5.31. The van der Waals surface area contributed by atoms with Gasteiger partial charge in [0.25, 0.3) is 0 Å². The first kappa shape index (κ1) is 15.5. The quantitative estimate of drug-likeness (QED) is 0.553. The van der Waals surface area contributed by atoms with Crippen LogP contribution in [0.4, 0.5) is 0 Å². The number of hydrogen-bond acceptors (Lipinski definition) is 3. The number of methoxy groups -OCH3 is 1. The summed E-state index contributed by atoms with van der Waals surface area (Å²) in [7, 11) is 1.59. The molecule has 0 spiro atoms. The monoisotopic (exact) mass is 291 g/mol. The van der Waals surface area contributed by atoms with Crippen LogP contribution in [0.2, 0.25) is 0 Å². The molecule has 0 bridgehead atoms. The molecule has 5 heteroatoms. The van der Waals surface area contributed by atoms with Crippen LogP contribution in [0.25, 0.3) is 0 Å². The lowest BCUT2D eigenvalue weighted by Gasteiger charge is -2.11. The van der Waals surface area contributed by atoms with E-state index in [1.54, 1.807) is 13.2 Å². The first-order valence-electron chi connectivity index (χ1n) is 7.54. The van der Waals surface area contributed by atoms with E-state index in [4.69, 9.17) is 4.74 Å². The lowest BCUT2D eigenvalue weighted by atomic mass is 10.1. The maximum Gasteiger partial charge on any atom is 0.191 e. The minimum absolute atomic E-state index is 0.262. The second-order valence-electron chi connectivity index (χ2n) is 5.47. The predicted molar refractivity (Wildman–Crippen MR) is 85.0 cm³/mol. The minimum Gasteiger partial charge on any atom is -0.508 e. The average molecular weight is 291 g/mol.